The van der Waals surface area contributed by atoms with Gasteiger partial charge in [0.2, 0.25) is 0 Å². The van der Waals surface area contributed by atoms with Gasteiger partial charge in [-0.15, -0.1) is 0 Å². The highest BCUT2D eigenvalue weighted by molar-refractivity contribution is 6.34. The van der Waals surface area contributed by atoms with Gasteiger partial charge in [-0.05, 0) is 19.1 Å². The second-order valence-corrected chi connectivity index (χ2v) is 4.98. The maximum atomic E-state index is 6.03. The second kappa shape index (κ2) is 5.23. The minimum atomic E-state index is 0.354. The molecule has 0 aliphatic heterocycles. The van der Waals surface area contributed by atoms with Gasteiger partial charge in [-0.1, -0.05) is 41.4 Å². The van der Waals surface area contributed by atoms with Crippen LogP contribution in [0.1, 0.15) is 5.56 Å². The number of rotatable bonds is 2. The largest absolute Gasteiger partial charge is 0.240 e. The summed E-state index contributed by atoms with van der Waals surface area (Å²) in [4.78, 5) is 8.45. The van der Waals surface area contributed by atoms with E-state index in [9.17, 15) is 0 Å². The summed E-state index contributed by atoms with van der Waals surface area (Å²) in [5.41, 5.74) is 2.40. The van der Waals surface area contributed by atoms with E-state index in [0.717, 1.165) is 11.3 Å². The number of hydrogen-bond acceptors (Lipinski definition) is 3. The van der Waals surface area contributed by atoms with E-state index in [4.69, 9.17) is 23.2 Å². The molecule has 6 heteroatoms. The Kier molecular flexibility index (Phi) is 3.42. The highest BCUT2D eigenvalue weighted by Gasteiger charge is 2.11. The van der Waals surface area contributed by atoms with Gasteiger partial charge in [0, 0.05) is 11.8 Å². The standard InChI is InChI=1S/C14H10Cl2N4/c1-9-12(15)18-14(19-13(9)16)10-7-17-20(8-10)11-5-3-2-4-6-11/h2-8H,1H3. The molecule has 100 valence electrons. The molecular formula is C14H10Cl2N4. The van der Waals surface area contributed by atoms with Gasteiger partial charge in [0.15, 0.2) is 5.82 Å². The van der Waals surface area contributed by atoms with E-state index in [1.54, 1.807) is 17.8 Å². The van der Waals surface area contributed by atoms with Crippen molar-refractivity contribution in [1.82, 2.24) is 19.7 Å². The number of benzene rings is 1. The molecule has 0 unspecified atom stereocenters. The predicted molar refractivity (Wildman–Crippen MR) is 79.3 cm³/mol. The first kappa shape index (κ1) is 13.1. The summed E-state index contributed by atoms with van der Waals surface area (Å²) in [5.74, 6) is 0.466. The quantitative estimate of drug-likeness (QED) is 0.673. The van der Waals surface area contributed by atoms with Gasteiger partial charge in [0.1, 0.15) is 10.3 Å². The average molecular weight is 305 g/mol. The summed E-state index contributed by atoms with van der Waals surface area (Å²) in [5, 5.41) is 5.00. The van der Waals surface area contributed by atoms with E-state index in [1.165, 1.54) is 0 Å². The topological polar surface area (TPSA) is 43.6 Å². The van der Waals surface area contributed by atoms with Crippen molar-refractivity contribution in [2.24, 2.45) is 0 Å². The van der Waals surface area contributed by atoms with Crippen molar-refractivity contribution in [3.8, 4) is 17.1 Å². The molecule has 1 aromatic carbocycles. The fourth-order valence-electron chi connectivity index (χ4n) is 1.75. The molecule has 2 heterocycles. The van der Waals surface area contributed by atoms with Gasteiger partial charge in [-0.25, -0.2) is 14.6 Å². The van der Waals surface area contributed by atoms with E-state index in [0.29, 0.717) is 21.7 Å². The zero-order valence-electron chi connectivity index (χ0n) is 10.6. The molecule has 0 aliphatic rings. The van der Waals surface area contributed by atoms with Gasteiger partial charge < -0.3 is 0 Å². The Labute approximate surface area is 126 Å². The van der Waals surface area contributed by atoms with Crippen LogP contribution >= 0.6 is 23.2 Å². The number of hydrogen-bond donors (Lipinski definition) is 0. The van der Waals surface area contributed by atoms with E-state index in [1.807, 2.05) is 36.5 Å². The zero-order valence-corrected chi connectivity index (χ0v) is 12.1. The van der Waals surface area contributed by atoms with Gasteiger partial charge in [0.05, 0.1) is 17.4 Å². The molecule has 0 spiro atoms. The minimum absolute atomic E-state index is 0.354. The van der Waals surface area contributed by atoms with Crippen LogP contribution in [-0.2, 0) is 0 Å². The molecule has 0 saturated heterocycles. The molecule has 0 N–H and O–H groups in total. The van der Waals surface area contributed by atoms with Crippen molar-refractivity contribution in [2.45, 2.75) is 6.92 Å². The number of nitrogens with zero attached hydrogens (tertiary/aromatic N) is 4. The third kappa shape index (κ3) is 2.40. The molecule has 0 saturated carbocycles. The Morgan fingerprint density at radius 1 is 1.00 bits per heavy atom. The van der Waals surface area contributed by atoms with Crippen molar-refractivity contribution in [2.75, 3.05) is 0 Å². The third-order valence-electron chi connectivity index (χ3n) is 2.89. The minimum Gasteiger partial charge on any atom is -0.240 e. The van der Waals surface area contributed by atoms with E-state index in [-0.39, 0.29) is 0 Å². The molecule has 0 radical (unpaired) electrons. The predicted octanol–water partition coefficient (Wildman–Crippen LogP) is 3.94. The highest BCUT2D eigenvalue weighted by Crippen LogP contribution is 2.24. The smallest absolute Gasteiger partial charge is 0.165 e. The summed E-state index contributed by atoms with van der Waals surface area (Å²) in [7, 11) is 0. The molecule has 0 fully saturated rings. The molecule has 4 nitrogen and oxygen atoms in total. The van der Waals surface area contributed by atoms with Crippen LogP contribution in [0.3, 0.4) is 0 Å². The summed E-state index contributed by atoms with van der Waals surface area (Å²) >= 11 is 12.1. The van der Waals surface area contributed by atoms with Crippen molar-refractivity contribution < 1.29 is 0 Å². The SMILES string of the molecule is Cc1c(Cl)nc(-c2cnn(-c3ccccc3)c2)nc1Cl. The molecule has 0 atom stereocenters. The van der Waals surface area contributed by atoms with Crippen LogP contribution in [0.5, 0.6) is 0 Å². The maximum absolute atomic E-state index is 6.03. The van der Waals surface area contributed by atoms with E-state index >= 15 is 0 Å². The van der Waals surface area contributed by atoms with Gasteiger partial charge in [0.25, 0.3) is 0 Å². The molecule has 0 aliphatic carbocycles. The highest BCUT2D eigenvalue weighted by atomic mass is 35.5. The van der Waals surface area contributed by atoms with Crippen molar-refractivity contribution in [3.05, 3.63) is 58.6 Å². The van der Waals surface area contributed by atoms with Crippen molar-refractivity contribution >= 4 is 23.2 Å². The average Bonchev–Trinajstić information content (AvgIpc) is 2.95. The Hall–Kier alpha value is -1.91. The number of para-hydroxylation sites is 1. The van der Waals surface area contributed by atoms with Crippen LogP contribution in [-0.4, -0.2) is 19.7 Å². The van der Waals surface area contributed by atoms with Gasteiger partial charge in [-0.2, -0.15) is 5.10 Å². The lowest BCUT2D eigenvalue weighted by Crippen LogP contribution is -1.94. The van der Waals surface area contributed by atoms with Gasteiger partial charge >= 0.3 is 0 Å². The van der Waals surface area contributed by atoms with Crippen molar-refractivity contribution in [1.29, 1.82) is 0 Å². The van der Waals surface area contributed by atoms with Crippen LogP contribution in [0.15, 0.2) is 42.7 Å². The summed E-state index contributed by atoms with van der Waals surface area (Å²) in [6.45, 7) is 1.78. The Balaban J connectivity index is 2.03. The van der Waals surface area contributed by atoms with Crippen LogP contribution in [0.2, 0.25) is 10.3 Å². The lowest BCUT2D eigenvalue weighted by atomic mass is 10.3. The lowest BCUT2D eigenvalue weighted by Gasteiger charge is -2.02. The Morgan fingerprint density at radius 2 is 1.65 bits per heavy atom. The first-order chi connectivity index (χ1) is 9.65. The van der Waals surface area contributed by atoms with Gasteiger partial charge in [-0.3, -0.25) is 0 Å². The summed E-state index contributed by atoms with van der Waals surface area (Å²) in [6.07, 6.45) is 3.52. The van der Waals surface area contributed by atoms with Crippen LogP contribution < -0.4 is 0 Å². The fraction of sp³-hybridized carbons (Fsp3) is 0.0714. The van der Waals surface area contributed by atoms with E-state index < -0.39 is 0 Å². The molecule has 3 rings (SSSR count). The van der Waals surface area contributed by atoms with Crippen LogP contribution in [0.25, 0.3) is 17.1 Å². The molecule has 0 bridgehead atoms. The third-order valence-corrected chi connectivity index (χ3v) is 3.62. The zero-order chi connectivity index (χ0) is 14.1. The molecule has 20 heavy (non-hydrogen) atoms. The lowest BCUT2D eigenvalue weighted by molar-refractivity contribution is 0.880. The maximum Gasteiger partial charge on any atom is 0.165 e. The number of aromatic nitrogens is 4. The fourth-order valence-corrected chi connectivity index (χ4v) is 2.14. The first-order valence-electron chi connectivity index (χ1n) is 5.95. The Morgan fingerprint density at radius 3 is 2.30 bits per heavy atom. The summed E-state index contributed by atoms with van der Waals surface area (Å²) < 4.78 is 1.75. The molecule has 2 aromatic heterocycles. The summed E-state index contributed by atoms with van der Waals surface area (Å²) in [6, 6.07) is 9.79. The van der Waals surface area contributed by atoms with E-state index in [2.05, 4.69) is 15.1 Å². The second-order valence-electron chi connectivity index (χ2n) is 4.26. The normalized spacial score (nSPS) is 10.8. The number of halogens is 2. The molecular weight excluding hydrogens is 295 g/mol. The molecule has 3 aromatic rings. The Bertz CT molecular complexity index is 730. The molecule has 0 amide bonds. The first-order valence-corrected chi connectivity index (χ1v) is 6.71. The van der Waals surface area contributed by atoms with Crippen LogP contribution in [0, 0.1) is 6.92 Å². The van der Waals surface area contributed by atoms with Crippen LogP contribution in [0.4, 0.5) is 0 Å². The monoisotopic (exact) mass is 304 g/mol. The van der Waals surface area contributed by atoms with Crippen molar-refractivity contribution in [3.63, 3.8) is 0 Å².